The van der Waals surface area contributed by atoms with Gasteiger partial charge in [-0.15, -0.1) is 0 Å². The van der Waals surface area contributed by atoms with Gasteiger partial charge in [-0.05, 0) is 30.9 Å². The molecule has 0 spiro atoms. The Morgan fingerprint density at radius 2 is 1.69 bits per heavy atom. The van der Waals surface area contributed by atoms with Crippen LogP contribution >= 0.6 is 0 Å². The van der Waals surface area contributed by atoms with Crippen molar-refractivity contribution in [3.63, 3.8) is 0 Å². The van der Waals surface area contributed by atoms with Gasteiger partial charge in [0.05, 0.1) is 4.90 Å². The molecular formula is C20H26N4O4S. The van der Waals surface area contributed by atoms with Crippen molar-refractivity contribution in [2.24, 2.45) is 16.8 Å². The van der Waals surface area contributed by atoms with Crippen LogP contribution in [0.5, 0.6) is 0 Å². The molecule has 1 unspecified atom stereocenters. The van der Waals surface area contributed by atoms with Gasteiger partial charge >= 0.3 is 0 Å². The van der Waals surface area contributed by atoms with Crippen LogP contribution in [0.3, 0.4) is 0 Å². The van der Waals surface area contributed by atoms with Crippen LogP contribution in [0.1, 0.15) is 32.3 Å². The van der Waals surface area contributed by atoms with E-state index in [1.165, 1.54) is 6.07 Å². The number of rotatable bonds is 4. The van der Waals surface area contributed by atoms with Gasteiger partial charge in [0, 0.05) is 37.7 Å². The second-order valence-electron chi connectivity index (χ2n) is 8.19. The number of fused-ring (bicyclic) bond motifs is 1. The molecule has 29 heavy (non-hydrogen) atoms. The molecule has 0 aromatic heterocycles. The zero-order valence-corrected chi connectivity index (χ0v) is 17.5. The molecule has 1 aromatic carbocycles. The zero-order chi connectivity index (χ0) is 20.8. The highest BCUT2D eigenvalue weighted by Gasteiger charge is 2.37. The average Bonchev–Trinajstić information content (AvgIpc) is 3.51. The van der Waals surface area contributed by atoms with Crippen LogP contribution in [-0.4, -0.2) is 68.1 Å². The number of carbonyl (C=O) groups excluding carboxylic acids is 2. The fourth-order valence-electron chi connectivity index (χ4n) is 3.78. The molecule has 2 heterocycles. The second-order valence-corrected chi connectivity index (χ2v) is 9.84. The van der Waals surface area contributed by atoms with E-state index in [1.807, 2.05) is 18.7 Å². The lowest BCUT2D eigenvalue weighted by Crippen LogP contribution is -2.53. The summed E-state index contributed by atoms with van der Waals surface area (Å²) in [4.78, 5) is 33.7. The Balaban J connectivity index is 1.51. The van der Waals surface area contributed by atoms with Gasteiger partial charge in [-0.25, -0.2) is 8.42 Å². The molecule has 1 aromatic rings. The summed E-state index contributed by atoms with van der Waals surface area (Å²) in [5.41, 5.74) is 0.491. The first kappa shape index (κ1) is 19.9. The third-order valence-corrected chi connectivity index (χ3v) is 7.04. The van der Waals surface area contributed by atoms with Crippen molar-refractivity contribution in [1.82, 2.24) is 14.5 Å². The van der Waals surface area contributed by atoms with E-state index in [9.17, 15) is 18.0 Å². The van der Waals surface area contributed by atoms with Crippen molar-refractivity contribution in [1.29, 1.82) is 0 Å². The molecule has 1 saturated heterocycles. The highest BCUT2D eigenvalue weighted by atomic mass is 32.2. The molecule has 3 aliphatic rings. The maximum Gasteiger partial charge on any atom is 0.263 e. The molecule has 8 nitrogen and oxygen atoms in total. The van der Waals surface area contributed by atoms with E-state index in [-0.39, 0.29) is 34.4 Å². The van der Waals surface area contributed by atoms with Crippen molar-refractivity contribution in [2.75, 3.05) is 26.2 Å². The first-order valence-electron chi connectivity index (χ1n) is 10.1. The Bertz CT molecular complexity index is 960. The third kappa shape index (κ3) is 3.88. The lowest BCUT2D eigenvalue weighted by atomic mass is 10.0. The predicted octanol–water partition coefficient (Wildman–Crippen LogP) is 0.831. The number of nitrogens with one attached hydrogen (secondary N) is 1. The molecule has 1 aliphatic carbocycles. The first-order chi connectivity index (χ1) is 13.8. The van der Waals surface area contributed by atoms with Crippen molar-refractivity contribution < 1.29 is 18.0 Å². The number of hydrogen-bond donors (Lipinski definition) is 1. The minimum absolute atomic E-state index is 0.0987. The van der Waals surface area contributed by atoms with Crippen molar-refractivity contribution in [2.45, 2.75) is 37.6 Å². The predicted molar refractivity (Wildman–Crippen MR) is 108 cm³/mol. The molecule has 156 valence electrons. The monoisotopic (exact) mass is 418 g/mol. The molecular weight excluding hydrogens is 392 g/mol. The molecule has 0 radical (unpaired) electrons. The number of carbonyl (C=O) groups is 2. The summed E-state index contributed by atoms with van der Waals surface area (Å²) in [7, 11) is -3.65. The standard InChI is InChI=1S/C20H26N4O4S/c1-13(2)17(21-18-15-5-3-4-6-16(15)29(27,28)22-18)20(26)24-11-9-23(10-12-24)19(25)14-7-8-14/h3-6,13-14,17H,7-12H2,1-2H3,(H,21,22). The molecule has 4 rings (SSSR count). The fourth-order valence-corrected chi connectivity index (χ4v) is 5.02. The SMILES string of the molecule is CC(C)C(N=C1NS(=O)(=O)c2ccccc21)C(=O)N1CCN(C(=O)C2CC2)CC1. The van der Waals surface area contributed by atoms with E-state index < -0.39 is 16.1 Å². The molecule has 2 fully saturated rings. The molecule has 0 bridgehead atoms. The minimum Gasteiger partial charge on any atom is -0.339 e. The van der Waals surface area contributed by atoms with E-state index in [2.05, 4.69) is 9.71 Å². The number of amidine groups is 1. The van der Waals surface area contributed by atoms with Crippen molar-refractivity contribution in [3.8, 4) is 0 Å². The number of benzene rings is 1. The number of nitrogens with zero attached hydrogens (tertiary/aromatic N) is 3. The van der Waals surface area contributed by atoms with E-state index in [4.69, 9.17) is 0 Å². The Hall–Kier alpha value is -2.42. The summed E-state index contributed by atoms with van der Waals surface area (Å²) < 4.78 is 27.1. The van der Waals surface area contributed by atoms with Gasteiger partial charge in [-0.1, -0.05) is 26.0 Å². The maximum absolute atomic E-state index is 13.2. The number of piperazine rings is 1. The largest absolute Gasteiger partial charge is 0.339 e. The van der Waals surface area contributed by atoms with Crippen LogP contribution in [0.2, 0.25) is 0 Å². The molecule has 1 N–H and O–H groups in total. The first-order valence-corrected chi connectivity index (χ1v) is 11.5. The second kappa shape index (κ2) is 7.44. The molecule has 2 aliphatic heterocycles. The van der Waals surface area contributed by atoms with Crippen LogP contribution in [0.15, 0.2) is 34.2 Å². The van der Waals surface area contributed by atoms with Crippen LogP contribution in [0, 0.1) is 11.8 Å². The van der Waals surface area contributed by atoms with E-state index in [1.54, 1.807) is 23.1 Å². The van der Waals surface area contributed by atoms with Gasteiger partial charge < -0.3 is 9.80 Å². The summed E-state index contributed by atoms with van der Waals surface area (Å²) in [5.74, 6) is 0.375. The smallest absolute Gasteiger partial charge is 0.263 e. The van der Waals surface area contributed by atoms with Gasteiger partial charge in [-0.2, -0.15) is 0 Å². The van der Waals surface area contributed by atoms with Gasteiger partial charge in [0.2, 0.25) is 11.8 Å². The number of aliphatic imine (C=N–C) groups is 1. The quantitative estimate of drug-likeness (QED) is 0.783. The van der Waals surface area contributed by atoms with Crippen LogP contribution < -0.4 is 4.72 Å². The molecule has 9 heteroatoms. The summed E-state index contributed by atoms with van der Waals surface area (Å²) >= 11 is 0. The Labute approximate surface area is 171 Å². The van der Waals surface area contributed by atoms with Crippen LogP contribution in [0.4, 0.5) is 0 Å². The Morgan fingerprint density at radius 1 is 1.07 bits per heavy atom. The van der Waals surface area contributed by atoms with Crippen molar-refractivity contribution in [3.05, 3.63) is 29.8 Å². The Morgan fingerprint density at radius 3 is 2.31 bits per heavy atom. The number of hydrogen-bond acceptors (Lipinski definition) is 5. The number of amides is 2. The summed E-state index contributed by atoms with van der Waals surface area (Å²) in [6.07, 6.45) is 1.95. The highest BCUT2D eigenvalue weighted by Crippen LogP contribution is 2.31. The average molecular weight is 419 g/mol. The Kier molecular flexibility index (Phi) is 5.10. The minimum atomic E-state index is -3.65. The van der Waals surface area contributed by atoms with E-state index in [0.29, 0.717) is 31.7 Å². The van der Waals surface area contributed by atoms with Gasteiger partial charge in [-0.3, -0.25) is 19.3 Å². The normalized spacial score (nSPS) is 23.1. The third-order valence-electron chi connectivity index (χ3n) is 5.65. The lowest BCUT2D eigenvalue weighted by Gasteiger charge is -2.36. The molecule has 2 amide bonds. The number of sulfonamides is 1. The molecule has 1 saturated carbocycles. The van der Waals surface area contributed by atoms with Crippen LogP contribution in [-0.2, 0) is 19.6 Å². The van der Waals surface area contributed by atoms with Gasteiger partial charge in [0.15, 0.2) is 0 Å². The maximum atomic E-state index is 13.2. The highest BCUT2D eigenvalue weighted by molar-refractivity contribution is 7.90. The fraction of sp³-hybridized carbons (Fsp3) is 0.550. The van der Waals surface area contributed by atoms with E-state index in [0.717, 1.165) is 12.8 Å². The van der Waals surface area contributed by atoms with Crippen LogP contribution in [0.25, 0.3) is 0 Å². The topological polar surface area (TPSA) is 99.1 Å². The van der Waals surface area contributed by atoms with Gasteiger partial charge in [0.25, 0.3) is 10.0 Å². The summed E-state index contributed by atoms with van der Waals surface area (Å²) in [6, 6.07) is 5.94. The van der Waals surface area contributed by atoms with Crippen molar-refractivity contribution >= 4 is 27.7 Å². The zero-order valence-electron chi connectivity index (χ0n) is 16.7. The van der Waals surface area contributed by atoms with Gasteiger partial charge in [0.1, 0.15) is 11.9 Å². The van der Waals surface area contributed by atoms with E-state index >= 15 is 0 Å². The summed E-state index contributed by atoms with van der Waals surface area (Å²) in [5, 5.41) is 0. The molecule has 1 atom stereocenters. The lowest BCUT2D eigenvalue weighted by molar-refractivity contribution is -0.141. The summed E-state index contributed by atoms with van der Waals surface area (Å²) in [6.45, 7) is 5.83.